The lowest BCUT2D eigenvalue weighted by Crippen LogP contribution is -2.09. The second-order valence-corrected chi connectivity index (χ2v) is 7.53. The monoisotopic (exact) mass is 378 g/mol. The van der Waals surface area contributed by atoms with Crippen LogP contribution in [0.3, 0.4) is 0 Å². The lowest BCUT2D eigenvalue weighted by molar-refractivity contribution is -0.141. The van der Waals surface area contributed by atoms with Crippen LogP contribution in [0.4, 0.5) is 18.9 Å². The van der Waals surface area contributed by atoms with Gasteiger partial charge in [0.15, 0.2) is 11.2 Å². The van der Waals surface area contributed by atoms with Crippen LogP contribution in [0.15, 0.2) is 35.2 Å². The van der Waals surface area contributed by atoms with E-state index in [4.69, 9.17) is 0 Å². The summed E-state index contributed by atoms with van der Waals surface area (Å²) in [6, 6.07) is 7.80. The summed E-state index contributed by atoms with van der Waals surface area (Å²) in [4.78, 5) is 9.25. The maximum Gasteiger partial charge on any atom is 0.433 e. The van der Waals surface area contributed by atoms with Crippen molar-refractivity contribution in [1.29, 1.82) is 0 Å². The van der Waals surface area contributed by atoms with Gasteiger partial charge in [0.1, 0.15) is 17.0 Å². The second kappa shape index (κ2) is 5.37. The Labute approximate surface area is 150 Å². The van der Waals surface area contributed by atoms with E-state index in [9.17, 15) is 18.3 Å². The molecule has 5 rings (SSSR count). The quantitative estimate of drug-likeness (QED) is 0.703. The molecular formula is C17H13F3N4OS. The minimum atomic E-state index is -4.51. The summed E-state index contributed by atoms with van der Waals surface area (Å²) < 4.78 is 41.1. The van der Waals surface area contributed by atoms with Crippen LogP contribution >= 0.6 is 11.8 Å². The lowest BCUT2D eigenvalue weighted by Gasteiger charge is -2.11. The molecule has 134 valence electrons. The fraction of sp³-hybridized carbons (Fsp3) is 0.294. The molecule has 3 aromatic rings. The Kier molecular flexibility index (Phi) is 3.29. The van der Waals surface area contributed by atoms with E-state index in [1.54, 1.807) is 10.6 Å². The summed E-state index contributed by atoms with van der Waals surface area (Å²) in [5.41, 5.74) is 0.499. The Morgan fingerprint density at radius 3 is 2.69 bits per heavy atom. The van der Waals surface area contributed by atoms with Crippen LogP contribution in [0.5, 0.6) is 0 Å². The average Bonchev–Trinajstić information content (AvgIpc) is 3.25. The first kappa shape index (κ1) is 16.0. The standard InChI is InChI=1S/C17H13F3N4OS/c18-17(19,20)13-6-5-11-15(23-13)24(14(21-11)8-1-2-8)9-3-4-10-12(7-9)26-16(25)22-10/h3-8,16,22,25H,1-2H2. The number of rotatable bonds is 2. The van der Waals surface area contributed by atoms with Crippen molar-refractivity contribution < 1.29 is 18.3 Å². The van der Waals surface area contributed by atoms with Gasteiger partial charge in [0.2, 0.25) is 0 Å². The van der Waals surface area contributed by atoms with Crippen molar-refractivity contribution in [3.8, 4) is 5.69 Å². The number of hydrogen-bond acceptors (Lipinski definition) is 5. The number of nitrogens with zero attached hydrogens (tertiary/aromatic N) is 3. The number of aromatic nitrogens is 3. The molecule has 1 aliphatic heterocycles. The SMILES string of the molecule is OC1Nc2ccc(-n3c(C4CC4)nc4ccc(C(F)(F)F)nc43)cc2S1. The maximum absolute atomic E-state index is 13.1. The number of aliphatic hydroxyl groups excluding tert-OH is 1. The van der Waals surface area contributed by atoms with E-state index in [1.165, 1.54) is 17.8 Å². The molecule has 1 saturated carbocycles. The van der Waals surface area contributed by atoms with Gasteiger partial charge in [0.25, 0.3) is 0 Å². The largest absolute Gasteiger partial charge is 0.433 e. The van der Waals surface area contributed by atoms with Gasteiger partial charge in [-0.2, -0.15) is 13.2 Å². The van der Waals surface area contributed by atoms with Crippen LogP contribution < -0.4 is 5.32 Å². The highest BCUT2D eigenvalue weighted by atomic mass is 32.2. The minimum Gasteiger partial charge on any atom is -0.364 e. The number of hydrogen-bond donors (Lipinski definition) is 2. The zero-order chi connectivity index (χ0) is 18.1. The molecule has 5 nitrogen and oxygen atoms in total. The molecule has 1 aliphatic carbocycles. The van der Waals surface area contributed by atoms with E-state index in [2.05, 4.69) is 15.3 Å². The number of halogens is 3. The highest BCUT2D eigenvalue weighted by Gasteiger charge is 2.35. The Morgan fingerprint density at radius 2 is 1.96 bits per heavy atom. The van der Waals surface area contributed by atoms with Crippen molar-refractivity contribution in [2.24, 2.45) is 0 Å². The normalized spacial score (nSPS) is 19.6. The third-order valence-corrected chi connectivity index (χ3v) is 5.44. The first-order valence-corrected chi connectivity index (χ1v) is 9.00. The molecule has 2 aliphatic rings. The smallest absolute Gasteiger partial charge is 0.364 e. The van der Waals surface area contributed by atoms with E-state index in [-0.39, 0.29) is 11.6 Å². The Bertz CT molecular complexity index is 1030. The number of nitrogens with one attached hydrogen (secondary N) is 1. The van der Waals surface area contributed by atoms with Crippen LogP contribution in [0.2, 0.25) is 0 Å². The van der Waals surface area contributed by atoms with Gasteiger partial charge in [-0.3, -0.25) is 4.57 Å². The molecule has 1 aromatic carbocycles. The molecule has 26 heavy (non-hydrogen) atoms. The highest BCUT2D eigenvalue weighted by Crippen LogP contribution is 2.44. The zero-order valence-corrected chi connectivity index (χ0v) is 14.1. The van der Waals surface area contributed by atoms with Crippen LogP contribution in [-0.4, -0.2) is 25.2 Å². The van der Waals surface area contributed by atoms with Crippen molar-refractivity contribution in [2.75, 3.05) is 5.32 Å². The summed E-state index contributed by atoms with van der Waals surface area (Å²) in [5.74, 6) is 0.978. The molecule has 0 amide bonds. The van der Waals surface area contributed by atoms with Crippen molar-refractivity contribution in [3.63, 3.8) is 0 Å². The van der Waals surface area contributed by atoms with Gasteiger partial charge in [0, 0.05) is 10.8 Å². The van der Waals surface area contributed by atoms with Gasteiger partial charge in [0.05, 0.1) is 11.4 Å². The summed E-state index contributed by atoms with van der Waals surface area (Å²) in [6.07, 6.45) is -2.57. The average molecular weight is 378 g/mol. The van der Waals surface area contributed by atoms with Gasteiger partial charge in [-0.25, -0.2) is 9.97 Å². The molecule has 0 bridgehead atoms. The molecule has 1 atom stereocenters. The number of aliphatic hydroxyl groups is 1. The van der Waals surface area contributed by atoms with Crippen LogP contribution in [0.1, 0.15) is 30.3 Å². The van der Waals surface area contributed by atoms with E-state index < -0.39 is 17.4 Å². The van der Waals surface area contributed by atoms with Crippen molar-refractivity contribution in [1.82, 2.24) is 14.5 Å². The van der Waals surface area contributed by atoms with E-state index >= 15 is 0 Å². The van der Waals surface area contributed by atoms with Crippen molar-refractivity contribution in [3.05, 3.63) is 41.9 Å². The fourth-order valence-corrected chi connectivity index (χ4v) is 4.02. The summed E-state index contributed by atoms with van der Waals surface area (Å²) in [6.45, 7) is 0. The number of fused-ring (bicyclic) bond motifs is 2. The van der Waals surface area contributed by atoms with Crippen molar-refractivity contribution >= 4 is 28.6 Å². The Morgan fingerprint density at radius 1 is 1.15 bits per heavy atom. The molecule has 9 heteroatoms. The molecule has 0 radical (unpaired) electrons. The molecule has 1 unspecified atom stereocenters. The Hall–Kier alpha value is -2.26. The topological polar surface area (TPSA) is 63.0 Å². The van der Waals surface area contributed by atoms with Gasteiger partial charge in [-0.05, 0) is 43.2 Å². The minimum absolute atomic E-state index is 0.207. The van der Waals surface area contributed by atoms with Crippen LogP contribution in [0, 0.1) is 0 Å². The predicted octanol–water partition coefficient (Wildman–Crippen LogP) is 4.11. The lowest BCUT2D eigenvalue weighted by atomic mass is 10.2. The first-order chi connectivity index (χ1) is 12.4. The first-order valence-electron chi connectivity index (χ1n) is 8.12. The van der Waals surface area contributed by atoms with E-state index in [0.717, 1.165) is 35.3 Å². The highest BCUT2D eigenvalue weighted by molar-refractivity contribution is 8.00. The van der Waals surface area contributed by atoms with Crippen LogP contribution in [0.25, 0.3) is 16.9 Å². The number of imidazole rings is 1. The number of pyridine rings is 1. The Balaban J connectivity index is 1.73. The number of anilines is 1. The van der Waals surface area contributed by atoms with Crippen LogP contribution in [-0.2, 0) is 6.18 Å². The van der Waals surface area contributed by atoms with Crippen molar-refractivity contribution in [2.45, 2.75) is 35.4 Å². The molecular weight excluding hydrogens is 365 g/mol. The fourth-order valence-electron chi connectivity index (χ4n) is 3.15. The maximum atomic E-state index is 13.1. The summed E-state index contributed by atoms with van der Waals surface area (Å²) >= 11 is 1.26. The summed E-state index contributed by atoms with van der Waals surface area (Å²) in [7, 11) is 0. The number of benzene rings is 1. The summed E-state index contributed by atoms with van der Waals surface area (Å²) in [5, 5.41) is 12.6. The molecule has 1 fully saturated rings. The molecule has 3 heterocycles. The molecule has 0 saturated heterocycles. The number of thioether (sulfide) groups is 1. The van der Waals surface area contributed by atoms with Gasteiger partial charge < -0.3 is 10.4 Å². The number of alkyl halides is 3. The third-order valence-electron chi connectivity index (χ3n) is 4.50. The molecule has 0 spiro atoms. The van der Waals surface area contributed by atoms with Gasteiger partial charge in [-0.15, -0.1) is 0 Å². The van der Waals surface area contributed by atoms with E-state index in [1.807, 2.05) is 12.1 Å². The van der Waals surface area contributed by atoms with E-state index in [0.29, 0.717) is 11.2 Å². The zero-order valence-electron chi connectivity index (χ0n) is 13.3. The third kappa shape index (κ3) is 2.53. The van der Waals surface area contributed by atoms with Gasteiger partial charge in [-0.1, -0.05) is 11.8 Å². The second-order valence-electron chi connectivity index (χ2n) is 6.41. The predicted molar refractivity (Wildman–Crippen MR) is 91.3 cm³/mol. The van der Waals surface area contributed by atoms with Gasteiger partial charge >= 0.3 is 6.18 Å². The molecule has 2 aromatic heterocycles. The molecule has 2 N–H and O–H groups in total.